The Morgan fingerprint density at radius 1 is 1.38 bits per heavy atom. The van der Waals surface area contributed by atoms with E-state index in [-0.39, 0.29) is 10.8 Å². The molecule has 0 aliphatic heterocycles. The molecule has 6 heteroatoms. The molecule has 110 valence electrons. The Morgan fingerprint density at radius 3 is 2.95 bits per heavy atom. The molecule has 1 unspecified atom stereocenters. The second-order valence-electron chi connectivity index (χ2n) is 5.32. The summed E-state index contributed by atoms with van der Waals surface area (Å²) in [5, 5.41) is 15.4. The summed E-state index contributed by atoms with van der Waals surface area (Å²) in [5.74, 6) is -0.549. The molecule has 3 rings (SSSR count). The van der Waals surface area contributed by atoms with E-state index in [0.717, 1.165) is 36.2 Å². The van der Waals surface area contributed by atoms with E-state index in [1.165, 1.54) is 4.88 Å². The van der Waals surface area contributed by atoms with Gasteiger partial charge in [-0.05, 0) is 42.2 Å². The summed E-state index contributed by atoms with van der Waals surface area (Å²) < 4.78 is 0. The summed E-state index contributed by atoms with van der Waals surface area (Å²) in [7, 11) is 0. The first-order valence-corrected chi connectivity index (χ1v) is 8.53. The minimum atomic E-state index is -1.01. The van der Waals surface area contributed by atoms with Crippen LogP contribution >= 0.6 is 22.7 Å². The molecule has 1 amide bonds. The van der Waals surface area contributed by atoms with Crippen LogP contribution in [0.25, 0.3) is 0 Å². The fourth-order valence-electron chi connectivity index (χ4n) is 2.63. The van der Waals surface area contributed by atoms with E-state index in [1.54, 1.807) is 22.8 Å². The third-order valence-electron chi connectivity index (χ3n) is 3.75. The lowest BCUT2D eigenvalue weighted by molar-refractivity contribution is 0.0703. The number of aromatic carboxylic acids is 1. The highest BCUT2D eigenvalue weighted by Crippen LogP contribution is 2.33. The molecule has 0 saturated carbocycles. The number of carbonyl (C=O) groups is 2. The van der Waals surface area contributed by atoms with Crippen molar-refractivity contribution >= 4 is 40.2 Å². The van der Waals surface area contributed by atoms with E-state index < -0.39 is 5.97 Å². The molecule has 2 heterocycles. The van der Waals surface area contributed by atoms with Crippen molar-refractivity contribution in [1.29, 1.82) is 0 Å². The first-order chi connectivity index (χ1) is 10.1. The topological polar surface area (TPSA) is 66.4 Å². The number of carboxylic acids is 1. The Hall–Kier alpha value is -1.66. The second-order valence-corrected chi connectivity index (χ2v) is 7.20. The van der Waals surface area contributed by atoms with E-state index >= 15 is 0 Å². The van der Waals surface area contributed by atoms with Crippen molar-refractivity contribution in [3.8, 4) is 0 Å². The van der Waals surface area contributed by atoms with E-state index in [0.29, 0.717) is 17.2 Å². The van der Waals surface area contributed by atoms with E-state index in [9.17, 15) is 9.59 Å². The summed E-state index contributed by atoms with van der Waals surface area (Å²) in [6.07, 6.45) is 3.06. The maximum absolute atomic E-state index is 12.4. The van der Waals surface area contributed by atoms with Crippen molar-refractivity contribution in [3.63, 3.8) is 0 Å². The first kappa shape index (κ1) is 14.3. The van der Waals surface area contributed by atoms with E-state index in [4.69, 9.17) is 5.11 Å². The van der Waals surface area contributed by atoms with E-state index in [1.807, 2.05) is 5.38 Å². The Labute approximate surface area is 130 Å². The van der Waals surface area contributed by atoms with Gasteiger partial charge in [-0.15, -0.1) is 22.7 Å². The SMILES string of the molecule is CC1CCc2c(C(=O)Nc3ccsc3C(=O)O)csc2C1. The quantitative estimate of drug-likeness (QED) is 0.901. The third-order valence-corrected chi connectivity index (χ3v) is 5.71. The monoisotopic (exact) mass is 321 g/mol. The minimum absolute atomic E-state index is 0.168. The minimum Gasteiger partial charge on any atom is -0.477 e. The summed E-state index contributed by atoms with van der Waals surface area (Å²) >= 11 is 2.75. The number of nitrogens with one attached hydrogen (secondary N) is 1. The number of carbonyl (C=O) groups excluding carboxylic acids is 1. The van der Waals surface area contributed by atoms with Crippen LogP contribution in [-0.4, -0.2) is 17.0 Å². The number of amides is 1. The molecule has 1 aliphatic carbocycles. The zero-order valence-corrected chi connectivity index (χ0v) is 13.1. The molecular weight excluding hydrogens is 306 g/mol. The van der Waals surface area contributed by atoms with Gasteiger partial charge in [0.05, 0.1) is 11.3 Å². The van der Waals surface area contributed by atoms with Gasteiger partial charge in [0.2, 0.25) is 0 Å². The molecule has 4 nitrogen and oxygen atoms in total. The average Bonchev–Trinajstić information content (AvgIpc) is 3.04. The lowest BCUT2D eigenvalue weighted by atomic mass is 9.88. The van der Waals surface area contributed by atoms with Crippen molar-refractivity contribution in [1.82, 2.24) is 0 Å². The lowest BCUT2D eigenvalue weighted by Crippen LogP contribution is -2.17. The van der Waals surface area contributed by atoms with Crippen LogP contribution in [0.5, 0.6) is 0 Å². The Balaban J connectivity index is 1.83. The van der Waals surface area contributed by atoms with Crippen molar-refractivity contribution in [2.24, 2.45) is 5.92 Å². The van der Waals surface area contributed by atoms with Crippen LogP contribution in [-0.2, 0) is 12.8 Å². The maximum atomic E-state index is 12.4. The number of thiophene rings is 2. The van der Waals surface area contributed by atoms with Gasteiger partial charge in [0.25, 0.3) is 5.91 Å². The molecule has 2 aromatic heterocycles. The smallest absolute Gasteiger partial charge is 0.348 e. The highest BCUT2D eigenvalue weighted by atomic mass is 32.1. The van der Waals surface area contributed by atoms with Crippen LogP contribution in [0, 0.1) is 5.92 Å². The highest BCUT2D eigenvalue weighted by molar-refractivity contribution is 7.12. The molecule has 0 saturated heterocycles. The van der Waals surface area contributed by atoms with Gasteiger partial charge in [-0.2, -0.15) is 0 Å². The Bertz CT molecular complexity index is 702. The van der Waals surface area contributed by atoms with Gasteiger partial charge in [-0.25, -0.2) is 4.79 Å². The van der Waals surface area contributed by atoms with Gasteiger partial charge in [-0.3, -0.25) is 4.79 Å². The summed E-state index contributed by atoms with van der Waals surface area (Å²) in [4.78, 5) is 25.0. The number of rotatable bonds is 3. The lowest BCUT2D eigenvalue weighted by Gasteiger charge is -2.18. The Morgan fingerprint density at radius 2 is 2.19 bits per heavy atom. The molecule has 0 bridgehead atoms. The molecule has 0 aromatic carbocycles. The fourth-order valence-corrected chi connectivity index (χ4v) is 4.56. The van der Waals surface area contributed by atoms with Crippen LogP contribution in [0.3, 0.4) is 0 Å². The number of hydrogen-bond donors (Lipinski definition) is 2. The molecule has 0 spiro atoms. The third kappa shape index (κ3) is 2.73. The Kier molecular flexibility index (Phi) is 3.82. The van der Waals surface area contributed by atoms with Crippen molar-refractivity contribution in [3.05, 3.63) is 37.7 Å². The second kappa shape index (κ2) is 5.61. The van der Waals surface area contributed by atoms with Crippen molar-refractivity contribution < 1.29 is 14.7 Å². The molecule has 2 N–H and O–H groups in total. The summed E-state index contributed by atoms with van der Waals surface area (Å²) in [5.41, 5.74) is 2.22. The summed E-state index contributed by atoms with van der Waals surface area (Å²) in [6, 6.07) is 1.63. The molecular formula is C15H15NO3S2. The predicted molar refractivity (Wildman–Crippen MR) is 84.7 cm³/mol. The maximum Gasteiger partial charge on any atom is 0.348 e. The van der Waals surface area contributed by atoms with Gasteiger partial charge in [0.15, 0.2) is 0 Å². The zero-order valence-electron chi connectivity index (χ0n) is 11.5. The molecule has 0 fully saturated rings. The van der Waals surface area contributed by atoms with Crippen molar-refractivity contribution in [2.45, 2.75) is 26.2 Å². The van der Waals surface area contributed by atoms with Gasteiger partial charge in [-0.1, -0.05) is 6.92 Å². The predicted octanol–water partition coefficient (Wildman–Crippen LogP) is 3.88. The van der Waals surface area contributed by atoms with Crippen molar-refractivity contribution in [2.75, 3.05) is 5.32 Å². The molecule has 21 heavy (non-hydrogen) atoms. The fraction of sp³-hybridized carbons (Fsp3) is 0.333. The van der Waals surface area contributed by atoms with Crippen LogP contribution in [0.4, 0.5) is 5.69 Å². The van der Waals surface area contributed by atoms with Crippen LogP contribution in [0.15, 0.2) is 16.8 Å². The number of fused-ring (bicyclic) bond motifs is 1. The zero-order chi connectivity index (χ0) is 15.0. The van der Waals surface area contributed by atoms with E-state index in [2.05, 4.69) is 12.2 Å². The van der Waals surface area contributed by atoms with Gasteiger partial charge >= 0.3 is 5.97 Å². The first-order valence-electron chi connectivity index (χ1n) is 6.77. The van der Waals surface area contributed by atoms with Gasteiger partial charge < -0.3 is 10.4 Å². The molecule has 1 aliphatic rings. The summed E-state index contributed by atoms with van der Waals surface area (Å²) in [6.45, 7) is 2.23. The molecule has 0 radical (unpaired) electrons. The number of hydrogen-bond acceptors (Lipinski definition) is 4. The molecule has 1 atom stereocenters. The van der Waals surface area contributed by atoms with Crippen LogP contribution < -0.4 is 5.32 Å². The van der Waals surface area contributed by atoms with Crippen LogP contribution in [0.1, 0.15) is 43.8 Å². The largest absolute Gasteiger partial charge is 0.477 e. The normalized spacial score (nSPS) is 17.3. The number of carboxylic acid groups (broad SMARTS) is 1. The highest BCUT2D eigenvalue weighted by Gasteiger charge is 2.24. The standard InChI is InChI=1S/C15H15NO3S2/c1-8-2-3-9-10(7-21-12(9)6-8)14(17)16-11-4-5-20-13(11)15(18)19/h4-5,7-8H,2-3,6H2,1H3,(H,16,17)(H,18,19). The van der Waals surface area contributed by atoms with Gasteiger partial charge in [0.1, 0.15) is 4.88 Å². The van der Waals surface area contributed by atoms with Gasteiger partial charge in [0, 0.05) is 10.3 Å². The average molecular weight is 321 g/mol. The molecule has 2 aromatic rings. The number of anilines is 1. The van der Waals surface area contributed by atoms with Crippen LogP contribution in [0.2, 0.25) is 0 Å².